The van der Waals surface area contributed by atoms with E-state index in [-0.39, 0.29) is 5.63 Å². The molecule has 1 heterocycles. The van der Waals surface area contributed by atoms with Gasteiger partial charge in [-0.2, -0.15) is 0 Å². The minimum atomic E-state index is -0.379. The Morgan fingerprint density at radius 1 is 1.43 bits per heavy atom. The van der Waals surface area contributed by atoms with E-state index < -0.39 is 0 Å². The maximum Gasteiger partial charge on any atom is 0.336 e. The van der Waals surface area contributed by atoms with E-state index in [9.17, 15) is 4.79 Å². The fraction of sp³-hybridized carbons (Fsp3) is 0.333. The number of benzene rings is 1. The lowest BCUT2D eigenvalue weighted by Gasteiger charge is -2.06. The smallest absolute Gasteiger partial charge is 0.336 e. The third kappa shape index (κ3) is 4.01. The zero-order chi connectivity index (χ0) is 15.2. The summed E-state index contributed by atoms with van der Waals surface area (Å²) < 4.78 is 10.3. The van der Waals surface area contributed by atoms with E-state index in [1.807, 2.05) is 19.1 Å². The minimum Gasteiger partial charge on any atom is -0.497 e. The highest BCUT2D eigenvalue weighted by molar-refractivity contribution is 8.13. The number of rotatable bonds is 5. The number of ether oxygens (including phenoxy) is 1. The fourth-order valence-electron chi connectivity index (χ4n) is 1.88. The van der Waals surface area contributed by atoms with Gasteiger partial charge in [-0.15, -0.1) is 0 Å². The largest absolute Gasteiger partial charge is 0.497 e. The Morgan fingerprint density at radius 2 is 2.24 bits per heavy atom. The molecule has 0 bridgehead atoms. The zero-order valence-electron chi connectivity index (χ0n) is 12.1. The third-order valence-corrected chi connectivity index (χ3v) is 3.78. The summed E-state index contributed by atoms with van der Waals surface area (Å²) in [4.78, 5) is 15.9. The molecule has 6 heteroatoms. The van der Waals surface area contributed by atoms with E-state index >= 15 is 0 Å². The van der Waals surface area contributed by atoms with Crippen LogP contribution in [-0.4, -0.2) is 18.8 Å². The van der Waals surface area contributed by atoms with Gasteiger partial charge in [-0.1, -0.05) is 18.7 Å². The highest BCUT2D eigenvalue weighted by Gasteiger charge is 2.08. The van der Waals surface area contributed by atoms with Crippen molar-refractivity contribution in [2.45, 2.75) is 19.1 Å². The zero-order valence-corrected chi connectivity index (χ0v) is 12.9. The third-order valence-electron chi connectivity index (χ3n) is 2.90. The molecule has 1 aromatic carbocycles. The summed E-state index contributed by atoms with van der Waals surface area (Å²) in [7, 11) is 1.57. The molecule has 0 radical (unpaired) electrons. The molecular weight excluding hydrogens is 288 g/mol. The Balaban J connectivity index is 2.29. The van der Waals surface area contributed by atoms with Crippen molar-refractivity contribution in [1.29, 1.82) is 0 Å². The van der Waals surface area contributed by atoms with Crippen LogP contribution in [0.25, 0.3) is 11.0 Å². The molecule has 0 unspecified atom stereocenters. The molecule has 5 nitrogen and oxygen atoms in total. The van der Waals surface area contributed by atoms with E-state index in [0.29, 0.717) is 28.8 Å². The average Bonchev–Trinajstić information content (AvgIpc) is 2.49. The summed E-state index contributed by atoms with van der Waals surface area (Å²) in [5, 5.41) is 1.41. The van der Waals surface area contributed by atoms with Gasteiger partial charge < -0.3 is 14.9 Å². The first kappa shape index (κ1) is 15.4. The standard InChI is InChI=1S/C15H18N2O3S/c1-3-6-17-15(16)21-9-10-7-14(18)20-13-8-11(19-2)4-5-12(10)13/h4-5,7-8H,3,6,9H2,1-2H3,(H2,16,17). The molecule has 2 aromatic rings. The molecule has 0 aliphatic rings. The van der Waals surface area contributed by atoms with Gasteiger partial charge in [0.2, 0.25) is 0 Å². The topological polar surface area (TPSA) is 77.8 Å². The monoisotopic (exact) mass is 306 g/mol. The normalized spacial score (nSPS) is 11.8. The first-order valence-electron chi connectivity index (χ1n) is 6.67. The molecule has 0 fully saturated rings. The fourth-order valence-corrected chi connectivity index (χ4v) is 2.60. The van der Waals surface area contributed by atoms with Crippen LogP contribution in [0.4, 0.5) is 0 Å². The summed E-state index contributed by atoms with van der Waals surface area (Å²) in [5.74, 6) is 1.23. The molecule has 0 saturated heterocycles. The summed E-state index contributed by atoms with van der Waals surface area (Å²) in [6.45, 7) is 2.76. The average molecular weight is 306 g/mol. The van der Waals surface area contributed by atoms with Crippen molar-refractivity contribution >= 4 is 27.9 Å². The molecule has 1 aromatic heterocycles. The number of nitrogens with two attached hydrogens (primary N) is 1. The van der Waals surface area contributed by atoms with Gasteiger partial charge in [0.25, 0.3) is 0 Å². The van der Waals surface area contributed by atoms with Gasteiger partial charge in [-0.05, 0) is 24.1 Å². The van der Waals surface area contributed by atoms with E-state index in [1.54, 1.807) is 13.2 Å². The summed E-state index contributed by atoms with van der Waals surface area (Å²) in [6, 6.07) is 6.92. The maximum atomic E-state index is 11.6. The predicted octanol–water partition coefficient (Wildman–Crippen LogP) is 2.76. The van der Waals surface area contributed by atoms with Gasteiger partial charge >= 0.3 is 5.63 Å². The van der Waals surface area contributed by atoms with Crippen molar-refractivity contribution in [3.05, 3.63) is 40.2 Å². The summed E-state index contributed by atoms with van der Waals surface area (Å²) >= 11 is 1.42. The molecule has 0 aliphatic heterocycles. The van der Waals surface area contributed by atoms with Crippen molar-refractivity contribution < 1.29 is 9.15 Å². The van der Waals surface area contributed by atoms with Crippen molar-refractivity contribution in [3.63, 3.8) is 0 Å². The van der Waals surface area contributed by atoms with Crippen molar-refractivity contribution in [3.8, 4) is 5.75 Å². The molecule has 21 heavy (non-hydrogen) atoms. The number of aliphatic imine (C=N–C) groups is 1. The number of amidine groups is 1. The van der Waals surface area contributed by atoms with Crippen LogP contribution in [0.3, 0.4) is 0 Å². The van der Waals surface area contributed by atoms with Gasteiger partial charge in [-0.3, -0.25) is 4.99 Å². The van der Waals surface area contributed by atoms with E-state index in [4.69, 9.17) is 14.9 Å². The Bertz CT molecular complexity index is 710. The van der Waals surface area contributed by atoms with Crippen LogP contribution in [0.1, 0.15) is 18.9 Å². The van der Waals surface area contributed by atoms with E-state index in [0.717, 1.165) is 17.4 Å². The number of thioether (sulfide) groups is 1. The molecule has 0 amide bonds. The Labute approximate surface area is 127 Å². The highest BCUT2D eigenvalue weighted by atomic mass is 32.2. The number of hydrogen-bond acceptors (Lipinski definition) is 5. The second-order valence-electron chi connectivity index (χ2n) is 4.46. The van der Waals surface area contributed by atoms with Crippen LogP contribution in [0, 0.1) is 0 Å². The summed E-state index contributed by atoms with van der Waals surface area (Å²) in [6.07, 6.45) is 0.957. The SMILES string of the molecule is CCCN=C(N)SCc1cc(=O)oc2cc(OC)ccc12. The van der Waals surface area contributed by atoms with Crippen LogP contribution < -0.4 is 16.1 Å². The number of hydrogen-bond donors (Lipinski definition) is 1. The van der Waals surface area contributed by atoms with E-state index in [1.165, 1.54) is 17.8 Å². The molecule has 112 valence electrons. The van der Waals surface area contributed by atoms with Gasteiger partial charge in [-0.25, -0.2) is 4.79 Å². The van der Waals surface area contributed by atoms with Crippen LogP contribution in [0.15, 0.2) is 38.5 Å². The molecule has 0 spiro atoms. The molecule has 0 saturated carbocycles. The maximum absolute atomic E-state index is 11.6. The predicted molar refractivity (Wildman–Crippen MR) is 87.1 cm³/mol. The molecule has 2 N–H and O–H groups in total. The number of methoxy groups -OCH3 is 1. The van der Waals surface area contributed by atoms with Crippen LogP contribution in [0.5, 0.6) is 5.75 Å². The summed E-state index contributed by atoms with van der Waals surface area (Å²) in [5.41, 5.74) is 6.84. The Hall–Kier alpha value is -1.95. The highest BCUT2D eigenvalue weighted by Crippen LogP contribution is 2.25. The molecule has 2 rings (SSSR count). The Morgan fingerprint density at radius 3 is 2.95 bits per heavy atom. The molecular formula is C15H18N2O3S. The van der Waals surface area contributed by atoms with Crippen LogP contribution >= 0.6 is 11.8 Å². The number of fused-ring (bicyclic) bond motifs is 1. The van der Waals surface area contributed by atoms with Gasteiger partial charge in [0.05, 0.1) is 7.11 Å². The van der Waals surface area contributed by atoms with Gasteiger partial charge in [0.15, 0.2) is 5.17 Å². The quantitative estimate of drug-likeness (QED) is 0.522. The lowest BCUT2D eigenvalue weighted by Crippen LogP contribution is -2.08. The van der Waals surface area contributed by atoms with Crippen molar-refractivity contribution in [1.82, 2.24) is 0 Å². The van der Waals surface area contributed by atoms with Crippen molar-refractivity contribution in [2.24, 2.45) is 10.7 Å². The van der Waals surface area contributed by atoms with Crippen LogP contribution in [0.2, 0.25) is 0 Å². The minimum absolute atomic E-state index is 0.379. The van der Waals surface area contributed by atoms with Crippen molar-refractivity contribution in [2.75, 3.05) is 13.7 Å². The first-order chi connectivity index (χ1) is 10.1. The lowest BCUT2D eigenvalue weighted by molar-refractivity contribution is 0.414. The molecule has 0 atom stereocenters. The van der Waals surface area contributed by atoms with Crippen LogP contribution in [-0.2, 0) is 5.75 Å². The van der Waals surface area contributed by atoms with Gasteiger partial charge in [0.1, 0.15) is 11.3 Å². The lowest BCUT2D eigenvalue weighted by atomic mass is 10.1. The second-order valence-corrected chi connectivity index (χ2v) is 5.46. The Kier molecular flexibility index (Phi) is 5.27. The number of nitrogens with zero attached hydrogens (tertiary/aromatic N) is 1. The van der Waals surface area contributed by atoms with E-state index in [2.05, 4.69) is 4.99 Å². The first-order valence-corrected chi connectivity index (χ1v) is 7.66. The second kappa shape index (κ2) is 7.17. The van der Waals surface area contributed by atoms with Gasteiger partial charge in [0, 0.05) is 29.8 Å². The molecule has 0 aliphatic carbocycles.